The van der Waals surface area contributed by atoms with Crippen molar-refractivity contribution in [1.82, 2.24) is 0 Å². The van der Waals surface area contributed by atoms with E-state index in [2.05, 4.69) is 0 Å². The number of carbonyl (C=O) groups is 2. The summed E-state index contributed by atoms with van der Waals surface area (Å²) in [5.74, 6) is -1.22. The number of ketones is 2. The first-order valence-corrected chi connectivity index (χ1v) is 2.84. The smallest absolute Gasteiger partial charge is 0.161 e. The Balaban J connectivity index is 4.07. The molecule has 0 spiro atoms. The summed E-state index contributed by atoms with van der Waals surface area (Å²) in [5, 5.41) is 17.5. The van der Waals surface area contributed by atoms with Crippen LogP contribution in [0.1, 0.15) is 13.8 Å². The van der Waals surface area contributed by atoms with Gasteiger partial charge in [-0.3, -0.25) is 9.59 Å². The highest BCUT2D eigenvalue weighted by molar-refractivity contribution is 5.90. The zero-order valence-corrected chi connectivity index (χ0v) is 5.87. The Morgan fingerprint density at radius 3 is 1.30 bits per heavy atom. The van der Waals surface area contributed by atoms with E-state index in [0.717, 1.165) is 13.8 Å². The maximum absolute atomic E-state index is 10.3. The molecule has 0 aromatic heterocycles. The standard InChI is InChI=1S/C6H10O4/c1-3(7)5(9)6(10)4(2)8/h5-6,9-10H,1-2H3/t5-,6-/m0/s1. The van der Waals surface area contributed by atoms with Gasteiger partial charge in [-0.15, -0.1) is 0 Å². The van der Waals surface area contributed by atoms with Gasteiger partial charge in [-0.25, -0.2) is 0 Å². The number of Topliss-reactive ketones (excluding diaryl/α,β-unsaturated/α-hetero) is 2. The topological polar surface area (TPSA) is 74.6 Å². The van der Waals surface area contributed by atoms with Crippen LogP contribution in [0.5, 0.6) is 0 Å². The van der Waals surface area contributed by atoms with Crippen molar-refractivity contribution in [3.63, 3.8) is 0 Å². The first-order valence-electron chi connectivity index (χ1n) is 2.84. The molecule has 0 aromatic rings. The SMILES string of the molecule is CC(=O)[C@H](O)[C@@H](O)C(C)=O. The molecule has 0 aliphatic rings. The summed E-state index contributed by atoms with van der Waals surface area (Å²) in [4.78, 5) is 20.7. The molecular weight excluding hydrogens is 136 g/mol. The van der Waals surface area contributed by atoms with Gasteiger partial charge in [0.25, 0.3) is 0 Å². The Bertz CT molecular complexity index is 134. The molecule has 0 radical (unpaired) electrons. The van der Waals surface area contributed by atoms with Crippen LogP contribution in [0.3, 0.4) is 0 Å². The molecule has 0 fully saturated rings. The molecule has 2 N–H and O–H groups in total. The Morgan fingerprint density at radius 1 is 1.00 bits per heavy atom. The molecule has 0 rings (SSSR count). The predicted molar refractivity (Wildman–Crippen MR) is 33.4 cm³/mol. The molecule has 0 aromatic carbocycles. The van der Waals surface area contributed by atoms with Crippen molar-refractivity contribution in [3.8, 4) is 0 Å². The third-order valence-corrected chi connectivity index (χ3v) is 1.13. The highest BCUT2D eigenvalue weighted by Gasteiger charge is 2.23. The zero-order chi connectivity index (χ0) is 8.31. The average molecular weight is 146 g/mol. The van der Waals surface area contributed by atoms with Crippen molar-refractivity contribution in [2.24, 2.45) is 0 Å². The lowest BCUT2D eigenvalue weighted by Crippen LogP contribution is -2.37. The summed E-state index contributed by atoms with van der Waals surface area (Å²) in [6.45, 7) is 2.22. The van der Waals surface area contributed by atoms with Crippen molar-refractivity contribution in [1.29, 1.82) is 0 Å². The van der Waals surface area contributed by atoms with E-state index in [4.69, 9.17) is 10.2 Å². The van der Waals surface area contributed by atoms with Gasteiger partial charge in [0, 0.05) is 0 Å². The number of aliphatic hydroxyl groups excluding tert-OH is 2. The fourth-order valence-corrected chi connectivity index (χ4v) is 0.445. The first-order chi connectivity index (χ1) is 4.46. The van der Waals surface area contributed by atoms with Gasteiger partial charge in [-0.2, -0.15) is 0 Å². The molecule has 0 aliphatic carbocycles. The van der Waals surface area contributed by atoms with Crippen LogP contribution < -0.4 is 0 Å². The minimum atomic E-state index is -1.57. The Morgan fingerprint density at radius 2 is 1.20 bits per heavy atom. The van der Waals surface area contributed by atoms with Crippen LogP contribution in [0.25, 0.3) is 0 Å². The molecule has 2 atom stereocenters. The zero-order valence-electron chi connectivity index (χ0n) is 5.87. The van der Waals surface area contributed by atoms with Crippen LogP contribution in [0.4, 0.5) is 0 Å². The Kier molecular flexibility index (Phi) is 3.18. The predicted octanol–water partition coefficient (Wildman–Crippen LogP) is -1.11. The number of hydrogen-bond acceptors (Lipinski definition) is 4. The van der Waals surface area contributed by atoms with Crippen LogP contribution in [0, 0.1) is 0 Å². The minimum Gasteiger partial charge on any atom is -0.382 e. The number of carbonyl (C=O) groups excluding carboxylic acids is 2. The maximum Gasteiger partial charge on any atom is 0.161 e. The molecule has 0 aliphatic heterocycles. The maximum atomic E-state index is 10.3. The van der Waals surface area contributed by atoms with Gasteiger partial charge in [-0.1, -0.05) is 0 Å². The molecule has 0 heterocycles. The van der Waals surface area contributed by atoms with Crippen molar-refractivity contribution in [2.75, 3.05) is 0 Å². The Hall–Kier alpha value is -0.740. The fourth-order valence-electron chi connectivity index (χ4n) is 0.445. The lowest BCUT2D eigenvalue weighted by Gasteiger charge is -2.10. The molecule has 0 unspecified atom stereocenters. The molecule has 0 saturated carbocycles. The summed E-state index contributed by atoms with van der Waals surface area (Å²) in [6.07, 6.45) is -3.14. The van der Waals surface area contributed by atoms with Crippen molar-refractivity contribution in [2.45, 2.75) is 26.1 Å². The number of aliphatic hydroxyl groups is 2. The van der Waals surface area contributed by atoms with Gasteiger partial charge in [0.1, 0.15) is 12.2 Å². The number of rotatable bonds is 3. The van der Waals surface area contributed by atoms with E-state index in [1.807, 2.05) is 0 Å². The highest BCUT2D eigenvalue weighted by atomic mass is 16.3. The molecule has 0 saturated heterocycles. The van der Waals surface area contributed by atoms with Gasteiger partial charge in [0.15, 0.2) is 11.6 Å². The number of hydrogen-bond donors (Lipinski definition) is 2. The van der Waals surface area contributed by atoms with Gasteiger partial charge < -0.3 is 10.2 Å². The minimum absolute atomic E-state index is 0.609. The summed E-state index contributed by atoms with van der Waals surface area (Å²) in [5.41, 5.74) is 0. The largest absolute Gasteiger partial charge is 0.382 e. The molecule has 0 bridgehead atoms. The molecular formula is C6H10O4. The summed E-state index contributed by atoms with van der Waals surface area (Å²) in [6, 6.07) is 0. The van der Waals surface area contributed by atoms with E-state index in [1.54, 1.807) is 0 Å². The van der Waals surface area contributed by atoms with Gasteiger partial charge in [0.05, 0.1) is 0 Å². The van der Waals surface area contributed by atoms with Crippen LogP contribution in [-0.4, -0.2) is 34.0 Å². The van der Waals surface area contributed by atoms with Crippen LogP contribution >= 0.6 is 0 Å². The third-order valence-electron chi connectivity index (χ3n) is 1.13. The van der Waals surface area contributed by atoms with Crippen LogP contribution in [0.2, 0.25) is 0 Å². The van der Waals surface area contributed by atoms with Gasteiger partial charge >= 0.3 is 0 Å². The van der Waals surface area contributed by atoms with Crippen molar-refractivity contribution in [3.05, 3.63) is 0 Å². The van der Waals surface area contributed by atoms with E-state index in [-0.39, 0.29) is 0 Å². The molecule has 4 nitrogen and oxygen atoms in total. The summed E-state index contributed by atoms with van der Waals surface area (Å²) in [7, 11) is 0. The highest BCUT2D eigenvalue weighted by Crippen LogP contribution is 1.95. The van der Waals surface area contributed by atoms with Crippen molar-refractivity contribution < 1.29 is 19.8 Å². The lowest BCUT2D eigenvalue weighted by molar-refractivity contribution is -0.140. The molecule has 0 amide bonds. The van der Waals surface area contributed by atoms with Crippen molar-refractivity contribution >= 4 is 11.6 Å². The van der Waals surface area contributed by atoms with E-state index >= 15 is 0 Å². The normalized spacial score (nSPS) is 16.0. The van der Waals surface area contributed by atoms with Crippen LogP contribution in [0.15, 0.2) is 0 Å². The van der Waals surface area contributed by atoms with Gasteiger partial charge in [0.2, 0.25) is 0 Å². The summed E-state index contributed by atoms with van der Waals surface area (Å²) >= 11 is 0. The fraction of sp³-hybridized carbons (Fsp3) is 0.667. The second-order valence-corrected chi connectivity index (χ2v) is 2.11. The second-order valence-electron chi connectivity index (χ2n) is 2.11. The average Bonchev–Trinajstić information content (AvgIpc) is 1.84. The Labute approximate surface area is 58.5 Å². The first kappa shape index (κ1) is 9.26. The molecule has 4 heteroatoms. The van der Waals surface area contributed by atoms with Gasteiger partial charge in [-0.05, 0) is 13.8 Å². The van der Waals surface area contributed by atoms with E-state index < -0.39 is 23.8 Å². The lowest BCUT2D eigenvalue weighted by atomic mass is 10.1. The molecule has 58 valence electrons. The van der Waals surface area contributed by atoms with E-state index in [9.17, 15) is 9.59 Å². The second kappa shape index (κ2) is 3.43. The molecule has 10 heavy (non-hydrogen) atoms. The van der Waals surface area contributed by atoms with E-state index in [1.165, 1.54) is 0 Å². The van der Waals surface area contributed by atoms with E-state index in [0.29, 0.717) is 0 Å². The monoisotopic (exact) mass is 146 g/mol. The quantitative estimate of drug-likeness (QED) is 0.529. The van der Waals surface area contributed by atoms with Crippen LogP contribution in [-0.2, 0) is 9.59 Å². The summed E-state index contributed by atoms with van der Waals surface area (Å²) < 4.78 is 0. The third kappa shape index (κ3) is 2.24.